The molecule has 0 aliphatic carbocycles. The zero-order chi connectivity index (χ0) is 21.1. The van der Waals surface area contributed by atoms with Gasteiger partial charge in [-0.25, -0.2) is 19.1 Å². The molecule has 1 heterocycles. The number of aliphatic imine (C=N–C) groups is 1. The fraction of sp³-hybridized carbons (Fsp3) is 0.389. The Kier molecular flexibility index (Phi) is 6.71. The lowest BCUT2D eigenvalue weighted by Gasteiger charge is -2.14. The lowest BCUT2D eigenvalue weighted by molar-refractivity contribution is 0.0783. The minimum Gasteiger partial charge on any atom is -0.383 e. The summed E-state index contributed by atoms with van der Waals surface area (Å²) in [6.07, 6.45) is 3.67. The normalized spacial score (nSPS) is 14.1. The fourth-order valence-corrected chi connectivity index (χ4v) is 4.57. The largest absolute Gasteiger partial charge is 0.383 e. The maximum absolute atomic E-state index is 12.8. The Bertz CT molecular complexity index is 1030. The van der Waals surface area contributed by atoms with E-state index in [1.165, 1.54) is 6.20 Å². The van der Waals surface area contributed by atoms with Gasteiger partial charge < -0.3 is 10.4 Å². The first kappa shape index (κ1) is 22.2. The number of carbonyl (C=O) groups excluding carboxylic acids is 1. The number of aryl methyl sites for hydroxylation is 1. The van der Waals surface area contributed by atoms with E-state index in [1.807, 2.05) is 26.0 Å². The summed E-state index contributed by atoms with van der Waals surface area (Å²) < 4.78 is 16.6. The van der Waals surface area contributed by atoms with E-state index in [4.69, 9.17) is 5.14 Å². The molecular formula is C18H25N5O3S2. The Morgan fingerprint density at radius 2 is 2.14 bits per heavy atom. The molecule has 0 aliphatic heterocycles. The van der Waals surface area contributed by atoms with Crippen LogP contribution in [0.5, 0.6) is 0 Å². The van der Waals surface area contributed by atoms with Gasteiger partial charge >= 0.3 is 6.03 Å². The summed E-state index contributed by atoms with van der Waals surface area (Å²) in [7, 11) is -1.82. The first-order valence-electron chi connectivity index (χ1n) is 8.58. The SMILES string of the molecule is CCc1ccc(C=NC)c(C)c1NC(=O)N=S(N)(=O)c1cnc(C(C)(C)O)s1. The van der Waals surface area contributed by atoms with E-state index < -0.39 is 21.5 Å². The van der Waals surface area contributed by atoms with Crippen LogP contribution in [0.1, 0.15) is 42.5 Å². The number of amides is 2. The number of benzene rings is 1. The number of hydrogen-bond acceptors (Lipinski definition) is 6. The molecule has 1 aromatic carbocycles. The van der Waals surface area contributed by atoms with Crippen molar-refractivity contribution >= 4 is 39.2 Å². The number of hydrogen-bond donors (Lipinski definition) is 3. The molecule has 0 aliphatic rings. The van der Waals surface area contributed by atoms with Crippen molar-refractivity contribution in [1.29, 1.82) is 0 Å². The molecule has 2 aromatic rings. The van der Waals surface area contributed by atoms with E-state index in [-0.39, 0.29) is 4.21 Å². The number of rotatable bonds is 5. The zero-order valence-corrected chi connectivity index (χ0v) is 18.1. The predicted octanol–water partition coefficient (Wildman–Crippen LogP) is 3.22. The van der Waals surface area contributed by atoms with Crippen molar-refractivity contribution in [3.05, 3.63) is 40.0 Å². The number of nitrogens with zero attached hydrogens (tertiary/aromatic N) is 3. The maximum atomic E-state index is 12.8. The molecule has 0 saturated heterocycles. The molecular weight excluding hydrogens is 398 g/mol. The van der Waals surface area contributed by atoms with Gasteiger partial charge in [0.25, 0.3) is 0 Å². The number of anilines is 1. The molecule has 1 unspecified atom stereocenters. The van der Waals surface area contributed by atoms with Crippen LogP contribution in [0.4, 0.5) is 10.5 Å². The van der Waals surface area contributed by atoms with Crippen LogP contribution < -0.4 is 10.5 Å². The van der Waals surface area contributed by atoms with E-state index >= 15 is 0 Å². The quantitative estimate of drug-likeness (QED) is 0.637. The maximum Gasteiger partial charge on any atom is 0.354 e. The first-order chi connectivity index (χ1) is 13.0. The van der Waals surface area contributed by atoms with Crippen LogP contribution >= 0.6 is 11.3 Å². The predicted molar refractivity (Wildman–Crippen MR) is 113 cm³/mol. The van der Waals surface area contributed by atoms with Crippen molar-refractivity contribution in [3.8, 4) is 0 Å². The van der Waals surface area contributed by atoms with Gasteiger partial charge in [0, 0.05) is 18.9 Å². The number of aliphatic hydroxyl groups is 1. The van der Waals surface area contributed by atoms with Crippen molar-refractivity contribution in [2.24, 2.45) is 14.5 Å². The van der Waals surface area contributed by atoms with Crippen molar-refractivity contribution in [2.45, 2.75) is 43.9 Å². The molecule has 10 heteroatoms. The van der Waals surface area contributed by atoms with Gasteiger partial charge in [0.2, 0.25) is 0 Å². The highest BCUT2D eigenvalue weighted by Crippen LogP contribution is 2.28. The highest BCUT2D eigenvalue weighted by molar-refractivity contribution is 7.93. The van der Waals surface area contributed by atoms with Crippen molar-refractivity contribution < 1.29 is 14.1 Å². The highest BCUT2D eigenvalue weighted by atomic mass is 32.2. The van der Waals surface area contributed by atoms with Crippen LogP contribution in [0, 0.1) is 6.92 Å². The molecule has 1 aromatic heterocycles. The first-order valence-corrected chi connectivity index (χ1v) is 11.0. The standard InChI is InChI=1S/C18H25N5O3S2/c1-6-12-7-8-13(9-20-5)11(2)15(12)22-17(24)23-28(19,26)14-10-21-16(27-14)18(3,4)25/h7-10,25H,6H2,1-5H3,(H3,19,22,23,24,26). The van der Waals surface area contributed by atoms with Crippen molar-refractivity contribution in [1.82, 2.24) is 4.98 Å². The second-order valence-corrected chi connectivity index (χ2v) is 9.74. The van der Waals surface area contributed by atoms with Crippen LogP contribution in [-0.2, 0) is 21.9 Å². The van der Waals surface area contributed by atoms with Gasteiger partial charge in [0.1, 0.15) is 14.8 Å². The molecule has 0 saturated carbocycles. The number of aromatic nitrogens is 1. The Labute approximate surface area is 169 Å². The molecule has 2 amide bonds. The molecule has 8 nitrogen and oxygen atoms in total. The van der Waals surface area contributed by atoms with Gasteiger partial charge in [0.05, 0.1) is 6.20 Å². The van der Waals surface area contributed by atoms with Gasteiger partial charge in [-0.3, -0.25) is 4.99 Å². The Morgan fingerprint density at radius 1 is 1.46 bits per heavy atom. The van der Waals surface area contributed by atoms with E-state index in [0.717, 1.165) is 28.0 Å². The average molecular weight is 424 g/mol. The van der Waals surface area contributed by atoms with Crippen LogP contribution in [0.25, 0.3) is 0 Å². The molecule has 0 spiro atoms. The third kappa shape index (κ3) is 5.02. The van der Waals surface area contributed by atoms with E-state index in [1.54, 1.807) is 27.1 Å². The van der Waals surface area contributed by atoms with Crippen LogP contribution in [0.3, 0.4) is 0 Å². The van der Waals surface area contributed by atoms with Crippen LogP contribution in [-0.4, -0.2) is 33.6 Å². The van der Waals surface area contributed by atoms with Crippen LogP contribution in [0.2, 0.25) is 0 Å². The van der Waals surface area contributed by atoms with Gasteiger partial charge in [-0.15, -0.1) is 15.7 Å². The van der Waals surface area contributed by atoms with E-state index in [0.29, 0.717) is 17.1 Å². The van der Waals surface area contributed by atoms with Crippen molar-refractivity contribution in [3.63, 3.8) is 0 Å². The summed E-state index contributed by atoms with van der Waals surface area (Å²) in [6, 6.07) is 3.02. The third-order valence-electron chi connectivity index (χ3n) is 3.99. The Morgan fingerprint density at radius 3 is 2.68 bits per heavy atom. The van der Waals surface area contributed by atoms with Gasteiger partial charge in [-0.1, -0.05) is 19.1 Å². The monoisotopic (exact) mass is 423 g/mol. The summed E-state index contributed by atoms with van der Waals surface area (Å²) in [5.74, 6) is 0. The molecule has 28 heavy (non-hydrogen) atoms. The highest BCUT2D eigenvalue weighted by Gasteiger charge is 2.23. The number of nitrogens with one attached hydrogen (secondary N) is 1. The van der Waals surface area contributed by atoms with Gasteiger partial charge in [-0.2, -0.15) is 0 Å². The number of thiazole rings is 1. The molecule has 0 bridgehead atoms. The number of carbonyl (C=O) groups is 1. The zero-order valence-electron chi connectivity index (χ0n) is 16.5. The molecule has 0 fully saturated rings. The van der Waals surface area contributed by atoms with Crippen LogP contribution in [0.15, 0.2) is 31.9 Å². The molecule has 4 N–H and O–H groups in total. The summed E-state index contributed by atoms with van der Waals surface area (Å²) in [5, 5.41) is 18.8. The lowest BCUT2D eigenvalue weighted by Crippen LogP contribution is -2.18. The van der Waals surface area contributed by atoms with E-state index in [9.17, 15) is 14.1 Å². The third-order valence-corrected chi connectivity index (χ3v) is 7.18. The summed E-state index contributed by atoms with van der Waals surface area (Å²) in [4.78, 5) is 20.5. The molecule has 2 rings (SSSR count). The smallest absolute Gasteiger partial charge is 0.354 e. The average Bonchev–Trinajstić information content (AvgIpc) is 3.09. The number of nitrogens with two attached hydrogens (primary N) is 1. The molecule has 152 valence electrons. The minimum absolute atomic E-state index is 0.124. The minimum atomic E-state index is -3.49. The topological polar surface area (TPSA) is 130 Å². The second-order valence-electron chi connectivity index (χ2n) is 6.69. The number of urea groups is 1. The summed E-state index contributed by atoms with van der Waals surface area (Å²) in [5.41, 5.74) is 2.01. The second kappa shape index (κ2) is 8.48. The van der Waals surface area contributed by atoms with Crippen molar-refractivity contribution in [2.75, 3.05) is 12.4 Å². The molecule has 0 radical (unpaired) electrons. The Balaban J connectivity index is 2.38. The molecule has 1 atom stereocenters. The fourth-order valence-electron chi connectivity index (χ4n) is 2.51. The summed E-state index contributed by atoms with van der Waals surface area (Å²) in [6.45, 7) is 6.94. The Hall–Kier alpha value is -2.14. The summed E-state index contributed by atoms with van der Waals surface area (Å²) >= 11 is 0.962. The van der Waals surface area contributed by atoms with Gasteiger partial charge in [0.15, 0.2) is 9.92 Å². The van der Waals surface area contributed by atoms with Gasteiger partial charge in [-0.05, 0) is 43.9 Å². The lowest BCUT2D eigenvalue weighted by atomic mass is 10.0. The van der Waals surface area contributed by atoms with E-state index in [2.05, 4.69) is 19.7 Å².